The Hall–Kier alpha value is -3.35. The molecule has 0 atom stereocenters. The van der Waals surface area contributed by atoms with Crippen LogP contribution < -0.4 is 5.32 Å². The van der Waals surface area contributed by atoms with Crippen molar-refractivity contribution in [3.05, 3.63) is 59.7 Å². The van der Waals surface area contributed by atoms with Crippen LogP contribution >= 0.6 is 0 Å². The Balaban J connectivity index is 1.38. The van der Waals surface area contributed by atoms with Crippen molar-refractivity contribution in [1.82, 2.24) is 10.2 Å². The standard InChI is InChI=1S/C27H34N2O5/c1-4-29(27(2,3)25(31)32)24(30)16-6-5-11-17-28-26(33)34-18-23-21-14-9-7-12-19(21)20-13-8-10-15-22(20)23/h7-10,12-15,23H,4-6,11,16-18H2,1-3H3,(H,28,33)(H,31,32). The number of likely N-dealkylation sites (N-methyl/N-ethyl adjacent to an activating group) is 1. The van der Waals surface area contributed by atoms with E-state index in [9.17, 15) is 19.5 Å². The number of hydrogen-bond donors (Lipinski definition) is 2. The molecule has 1 aliphatic rings. The molecule has 2 N–H and O–H groups in total. The molecule has 3 rings (SSSR count). The van der Waals surface area contributed by atoms with E-state index in [1.807, 2.05) is 24.3 Å². The predicted molar refractivity (Wildman–Crippen MR) is 131 cm³/mol. The second kappa shape index (κ2) is 11.2. The number of benzene rings is 2. The number of aliphatic carboxylic acids is 1. The summed E-state index contributed by atoms with van der Waals surface area (Å²) >= 11 is 0. The molecule has 2 amide bonds. The topological polar surface area (TPSA) is 95.9 Å². The summed E-state index contributed by atoms with van der Waals surface area (Å²) < 4.78 is 5.52. The molecule has 0 aromatic heterocycles. The summed E-state index contributed by atoms with van der Waals surface area (Å²) in [5, 5.41) is 12.1. The molecule has 0 fully saturated rings. The van der Waals surface area contributed by atoms with Gasteiger partial charge in [-0.2, -0.15) is 0 Å². The number of fused-ring (bicyclic) bond motifs is 3. The Kier molecular flexibility index (Phi) is 8.31. The molecular formula is C27H34N2O5. The third-order valence-electron chi connectivity index (χ3n) is 6.50. The van der Waals surface area contributed by atoms with Crippen LogP contribution in [0.15, 0.2) is 48.5 Å². The summed E-state index contributed by atoms with van der Waals surface area (Å²) in [5.41, 5.74) is 3.50. The lowest BCUT2D eigenvalue weighted by Gasteiger charge is -2.34. The van der Waals surface area contributed by atoms with Gasteiger partial charge in [-0.1, -0.05) is 55.0 Å². The first-order chi connectivity index (χ1) is 16.3. The molecule has 7 nitrogen and oxygen atoms in total. The third-order valence-corrected chi connectivity index (χ3v) is 6.50. The van der Waals surface area contributed by atoms with Gasteiger partial charge in [0.2, 0.25) is 5.91 Å². The van der Waals surface area contributed by atoms with Crippen LogP contribution in [-0.2, 0) is 14.3 Å². The van der Waals surface area contributed by atoms with E-state index in [4.69, 9.17) is 4.74 Å². The van der Waals surface area contributed by atoms with Crippen LogP contribution in [-0.4, -0.2) is 53.2 Å². The second-order valence-electron chi connectivity index (χ2n) is 9.07. The quantitative estimate of drug-likeness (QED) is 0.464. The molecule has 0 bridgehead atoms. The van der Waals surface area contributed by atoms with E-state index >= 15 is 0 Å². The third kappa shape index (κ3) is 5.58. The van der Waals surface area contributed by atoms with Crippen molar-refractivity contribution < 1.29 is 24.2 Å². The fourth-order valence-corrected chi connectivity index (χ4v) is 4.55. The second-order valence-corrected chi connectivity index (χ2v) is 9.07. The molecule has 0 saturated carbocycles. The summed E-state index contributed by atoms with van der Waals surface area (Å²) in [5.74, 6) is -1.16. The van der Waals surface area contributed by atoms with Crippen molar-refractivity contribution in [3.8, 4) is 11.1 Å². The SMILES string of the molecule is CCN(C(=O)CCCCCNC(=O)OCC1c2ccccc2-c2ccccc21)C(C)(C)C(=O)O. The van der Waals surface area contributed by atoms with Gasteiger partial charge in [0, 0.05) is 25.4 Å². The number of carbonyl (C=O) groups excluding carboxylic acids is 2. The number of nitrogens with one attached hydrogen (secondary N) is 1. The number of alkyl carbamates (subject to hydrolysis) is 1. The van der Waals surface area contributed by atoms with Crippen molar-refractivity contribution in [2.45, 2.75) is 57.9 Å². The van der Waals surface area contributed by atoms with E-state index in [-0.39, 0.29) is 24.9 Å². The zero-order valence-electron chi connectivity index (χ0n) is 20.2. The van der Waals surface area contributed by atoms with Crippen molar-refractivity contribution in [3.63, 3.8) is 0 Å². The molecule has 2 aromatic rings. The first kappa shape index (κ1) is 25.3. The van der Waals surface area contributed by atoms with E-state index < -0.39 is 17.6 Å². The predicted octanol–water partition coefficient (Wildman–Crippen LogP) is 4.80. The molecule has 0 aliphatic heterocycles. The summed E-state index contributed by atoms with van der Waals surface area (Å²) in [6, 6.07) is 16.4. The molecule has 0 saturated heterocycles. The molecule has 0 spiro atoms. The van der Waals surface area contributed by atoms with Gasteiger partial charge in [-0.15, -0.1) is 0 Å². The van der Waals surface area contributed by atoms with Crippen molar-refractivity contribution in [1.29, 1.82) is 0 Å². The lowest BCUT2D eigenvalue weighted by Crippen LogP contribution is -2.52. The average Bonchev–Trinajstić information content (AvgIpc) is 3.14. The number of ether oxygens (including phenoxy) is 1. The van der Waals surface area contributed by atoms with Crippen LogP contribution in [0.2, 0.25) is 0 Å². The molecule has 34 heavy (non-hydrogen) atoms. The first-order valence-corrected chi connectivity index (χ1v) is 11.9. The Labute approximate surface area is 201 Å². The van der Waals surface area contributed by atoms with Crippen molar-refractivity contribution in [2.24, 2.45) is 0 Å². The summed E-state index contributed by atoms with van der Waals surface area (Å²) in [4.78, 5) is 37.5. The van der Waals surface area contributed by atoms with E-state index in [0.29, 0.717) is 25.9 Å². The molecular weight excluding hydrogens is 432 g/mol. The maximum absolute atomic E-state index is 12.4. The van der Waals surface area contributed by atoms with E-state index in [1.165, 1.54) is 41.0 Å². The van der Waals surface area contributed by atoms with E-state index in [0.717, 1.165) is 6.42 Å². The number of rotatable bonds is 11. The number of unbranched alkanes of at least 4 members (excludes halogenated alkanes) is 2. The molecule has 0 unspecified atom stereocenters. The van der Waals surface area contributed by atoms with Crippen LogP contribution in [0.25, 0.3) is 11.1 Å². The Morgan fingerprint density at radius 2 is 1.56 bits per heavy atom. The fourth-order valence-electron chi connectivity index (χ4n) is 4.55. The van der Waals surface area contributed by atoms with Crippen LogP contribution in [0.5, 0.6) is 0 Å². The Morgan fingerprint density at radius 1 is 0.971 bits per heavy atom. The normalized spacial score (nSPS) is 12.6. The van der Waals surface area contributed by atoms with Gasteiger partial charge in [-0.25, -0.2) is 9.59 Å². The maximum atomic E-state index is 12.4. The summed E-state index contributed by atoms with van der Waals surface area (Å²) in [6.45, 7) is 5.94. The Bertz CT molecular complexity index is 988. The minimum absolute atomic E-state index is 0.0285. The zero-order valence-corrected chi connectivity index (χ0v) is 20.2. The zero-order chi connectivity index (χ0) is 24.7. The maximum Gasteiger partial charge on any atom is 0.407 e. The molecule has 0 radical (unpaired) electrons. The summed E-state index contributed by atoms with van der Waals surface area (Å²) in [7, 11) is 0. The number of carboxylic acids is 1. The largest absolute Gasteiger partial charge is 0.480 e. The average molecular weight is 467 g/mol. The van der Waals surface area contributed by atoms with Crippen LogP contribution in [0.3, 0.4) is 0 Å². The number of carboxylic acid groups (broad SMARTS) is 1. The van der Waals surface area contributed by atoms with Crippen LogP contribution in [0, 0.1) is 0 Å². The van der Waals surface area contributed by atoms with E-state index in [2.05, 4.69) is 29.6 Å². The van der Waals surface area contributed by atoms with Gasteiger partial charge in [0.15, 0.2) is 0 Å². The number of nitrogens with zero attached hydrogens (tertiary/aromatic N) is 1. The van der Waals surface area contributed by atoms with Gasteiger partial charge in [0.25, 0.3) is 0 Å². The van der Waals surface area contributed by atoms with Crippen LogP contribution in [0.1, 0.15) is 63.5 Å². The van der Waals surface area contributed by atoms with Gasteiger partial charge in [0.05, 0.1) is 0 Å². The highest BCUT2D eigenvalue weighted by molar-refractivity contribution is 5.86. The number of carbonyl (C=O) groups is 3. The van der Waals surface area contributed by atoms with Crippen LogP contribution in [0.4, 0.5) is 4.79 Å². The lowest BCUT2D eigenvalue weighted by molar-refractivity contribution is -0.156. The molecule has 182 valence electrons. The summed E-state index contributed by atoms with van der Waals surface area (Å²) in [6.07, 6.45) is 1.94. The Morgan fingerprint density at radius 3 is 2.12 bits per heavy atom. The smallest absolute Gasteiger partial charge is 0.407 e. The molecule has 0 heterocycles. The van der Waals surface area contributed by atoms with Gasteiger partial charge in [-0.3, -0.25) is 4.79 Å². The highest BCUT2D eigenvalue weighted by Crippen LogP contribution is 2.44. The lowest BCUT2D eigenvalue weighted by atomic mass is 9.98. The minimum Gasteiger partial charge on any atom is -0.480 e. The van der Waals surface area contributed by atoms with Gasteiger partial charge < -0.3 is 20.1 Å². The van der Waals surface area contributed by atoms with Crippen molar-refractivity contribution >= 4 is 18.0 Å². The van der Waals surface area contributed by atoms with Gasteiger partial charge in [0.1, 0.15) is 12.1 Å². The van der Waals surface area contributed by atoms with E-state index in [1.54, 1.807) is 6.92 Å². The minimum atomic E-state index is -1.22. The van der Waals surface area contributed by atoms with Gasteiger partial charge >= 0.3 is 12.1 Å². The van der Waals surface area contributed by atoms with Crippen molar-refractivity contribution in [2.75, 3.05) is 19.7 Å². The molecule has 7 heteroatoms. The van der Waals surface area contributed by atoms with Gasteiger partial charge in [-0.05, 0) is 55.9 Å². The first-order valence-electron chi connectivity index (χ1n) is 11.9. The molecule has 1 aliphatic carbocycles. The molecule has 2 aromatic carbocycles. The monoisotopic (exact) mass is 466 g/mol. The highest BCUT2D eigenvalue weighted by atomic mass is 16.5. The number of amides is 2. The highest BCUT2D eigenvalue weighted by Gasteiger charge is 2.36. The number of hydrogen-bond acceptors (Lipinski definition) is 4. The fraction of sp³-hybridized carbons (Fsp3) is 0.444.